The van der Waals surface area contributed by atoms with Gasteiger partial charge in [0.2, 0.25) is 5.91 Å². The van der Waals surface area contributed by atoms with Gasteiger partial charge < -0.3 is 10.6 Å². The smallest absolute Gasteiger partial charge is 0.321 e. The van der Waals surface area contributed by atoms with Crippen LogP contribution < -0.4 is 16.0 Å². The third-order valence-electron chi connectivity index (χ3n) is 2.79. The first-order valence-corrected chi connectivity index (χ1v) is 7.26. The molecule has 0 saturated carbocycles. The molecule has 1 aromatic rings. The van der Waals surface area contributed by atoms with Crippen molar-refractivity contribution < 1.29 is 9.59 Å². The van der Waals surface area contributed by atoms with Crippen LogP contribution in [0.1, 0.15) is 25.0 Å². The highest BCUT2D eigenvalue weighted by atomic mass is 79.9. The summed E-state index contributed by atoms with van der Waals surface area (Å²) in [6, 6.07) is 2.92. The predicted octanol–water partition coefficient (Wildman–Crippen LogP) is 2.71. The third kappa shape index (κ3) is 4.52. The molecule has 110 valence electrons. The Morgan fingerprint density at radius 3 is 2.30 bits per heavy atom. The number of halogens is 1. The second kappa shape index (κ2) is 7.28. The number of hydrogen-bond acceptors (Lipinski definition) is 3. The fourth-order valence-electron chi connectivity index (χ4n) is 1.77. The summed E-state index contributed by atoms with van der Waals surface area (Å²) in [4.78, 5) is 23.1. The summed E-state index contributed by atoms with van der Waals surface area (Å²) in [6.07, 6.45) is 0. The molecule has 1 rings (SSSR count). The van der Waals surface area contributed by atoms with Crippen molar-refractivity contribution in [3.8, 4) is 0 Å². The molecule has 0 aromatic heterocycles. The van der Waals surface area contributed by atoms with Crippen LogP contribution in [-0.2, 0) is 4.79 Å². The molecule has 0 fully saturated rings. The zero-order chi connectivity index (χ0) is 15.3. The van der Waals surface area contributed by atoms with E-state index in [1.165, 1.54) is 0 Å². The number of aryl methyl sites for hydroxylation is 2. The van der Waals surface area contributed by atoms with Gasteiger partial charge in [0.15, 0.2) is 0 Å². The van der Waals surface area contributed by atoms with Crippen LogP contribution in [0, 0.1) is 13.8 Å². The molecule has 0 radical (unpaired) electrons. The first-order valence-electron chi connectivity index (χ1n) is 6.47. The summed E-state index contributed by atoms with van der Waals surface area (Å²) in [5.74, 6) is -0.367. The van der Waals surface area contributed by atoms with Gasteiger partial charge >= 0.3 is 6.03 Å². The minimum absolute atomic E-state index is 0.367. The fourth-order valence-corrected chi connectivity index (χ4v) is 2.00. The molecule has 0 bridgehead atoms. The molecule has 0 spiro atoms. The van der Waals surface area contributed by atoms with E-state index in [9.17, 15) is 9.59 Å². The van der Waals surface area contributed by atoms with Gasteiger partial charge in [-0.1, -0.05) is 15.9 Å². The van der Waals surface area contributed by atoms with Crippen molar-refractivity contribution in [1.29, 1.82) is 0 Å². The van der Waals surface area contributed by atoms with Gasteiger partial charge in [0.1, 0.15) is 6.04 Å². The summed E-state index contributed by atoms with van der Waals surface area (Å²) in [5, 5.41) is 7.88. The summed E-state index contributed by atoms with van der Waals surface area (Å²) in [5.41, 5.74) is 3.02. The largest absolute Gasteiger partial charge is 0.374 e. The Morgan fingerprint density at radius 2 is 1.80 bits per heavy atom. The van der Waals surface area contributed by atoms with Crippen LogP contribution in [0.4, 0.5) is 10.5 Å². The number of nitrogens with one attached hydrogen (secondary N) is 3. The molecular weight excluding hydrogens is 322 g/mol. The third-order valence-corrected chi connectivity index (χ3v) is 4.04. The van der Waals surface area contributed by atoms with Crippen molar-refractivity contribution in [2.45, 2.75) is 33.7 Å². The second-order valence-corrected chi connectivity index (χ2v) is 5.43. The molecule has 0 heterocycles. The minimum atomic E-state index is -0.502. The van der Waals surface area contributed by atoms with E-state index in [-0.39, 0.29) is 5.91 Å². The number of amides is 3. The lowest BCUT2D eigenvalue weighted by Gasteiger charge is -2.16. The number of benzene rings is 1. The quantitative estimate of drug-likeness (QED) is 0.788. The molecule has 0 saturated heterocycles. The Labute approximate surface area is 127 Å². The molecule has 0 aliphatic heterocycles. The number of carbonyl (C=O) groups is 2. The van der Waals surface area contributed by atoms with Crippen LogP contribution in [-0.4, -0.2) is 24.5 Å². The van der Waals surface area contributed by atoms with Crippen molar-refractivity contribution in [1.82, 2.24) is 10.6 Å². The monoisotopic (exact) mass is 341 g/mol. The van der Waals surface area contributed by atoms with Crippen molar-refractivity contribution in [2.24, 2.45) is 0 Å². The topological polar surface area (TPSA) is 70.2 Å². The highest BCUT2D eigenvalue weighted by Crippen LogP contribution is 2.25. The van der Waals surface area contributed by atoms with E-state index < -0.39 is 12.1 Å². The number of urea groups is 1. The van der Waals surface area contributed by atoms with Crippen molar-refractivity contribution in [2.75, 3.05) is 11.9 Å². The van der Waals surface area contributed by atoms with Crippen LogP contribution in [0.5, 0.6) is 0 Å². The summed E-state index contributed by atoms with van der Waals surface area (Å²) in [7, 11) is 0. The van der Waals surface area contributed by atoms with Gasteiger partial charge in [-0.05, 0) is 51.0 Å². The lowest BCUT2D eigenvalue weighted by atomic mass is 10.1. The van der Waals surface area contributed by atoms with Gasteiger partial charge in [-0.2, -0.15) is 0 Å². The van der Waals surface area contributed by atoms with Gasteiger partial charge in [-0.15, -0.1) is 0 Å². The minimum Gasteiger partial charge on any atom is -0.374 e. The first kappa shape index (κ1) is 16.5. The second-order valence-electron chi connectivity index (χ2n) is 4.64. The molecule has 6 heteroatoms. The number of imide groups is 1. The van der Waals surface area contributed by atoms with Crippen molar-refractivity contribution in [3.05, 3.63) is 27.7 Å². The fraction of sp³-hybridized carbons (Fsp3) is 0.429. The van der Waals surface area contributed by atoms with Gasteiger partial charge in [0.25, 0.3) is 0 Å². The summed E-state index contributed by atoms with van der Waals surface area (Å²) < 4.78 is 1.06. The Bertz CT molecular complexity index is 494. The number of carbonyl (C=O) groups excluding carboxylic acids is 2. The van der Waals surface area contributed by atoms with Crippen molar-refractivity contribution >= 4 is 33.6 Å². The van der Waals surface area contributed by atoms with E-state index in [0.717, 1.165) is 21.3 Å². The van der Waals surface area contributed by atoms with E-state index in [0.29, 0.717) is 6.54 Å². The first-order chi connectivity index (χ1) is 9.35. The molecular formula is C14H20BrN3O2. The molecule has 20 heavy (non-hydrogen) atoms. The summed E-state index contributed by atoms with van der Waals surface area (Å²) in [6.45, 7) is 7.95. The molecule has 5 nitrogen and oxygen atoms in total. The highest BCUT2D eigenvalue weighted by molar-refractivity contribution is 9.10. The molecule has 1 unspecified atom stereocenters. The average molecular weight is 342 g/mol. The molecule has 0 aliphatic rings. The zero-order valence-electron chi connectivity index (χ0n) is 12.1. The molecule has 3 amide bonds. The van der Waals surface area contributed by atoms with Crippen LogP contribution in [0.2, 0.25) is 0 Å². The van der Waals surface area contributed by atoms with Gasteiger partial charge in [0, 0.05) is 16.7 Å². The molecule has 1 atom stereocenters. The Hall–Kier alpha value is -1.56. The highest BCUT2D eigenvalue weighted by Gasteiger charge is 2.15. The van der Waals surface area contributed by atoms with Crippen molar-refractivity contribution in [3.63, 3.8) is 0 Å². The van der Waals surface area contributed by atoms with Crippen LogP contribution in [0.25, 0.3) is 0 Å². The molecule has 3 N–H and O–H groups in total. The number of rotatable bonds is 4. The van der Waals surface area contributed by atoms with E-state index >= 15 is 0 Å². The van der Waals surface area contributed by atoms with Crippen LogP contribution >= 0.6 is 15.9 Å². The SMILES string of the molecule is CCNC(=O)NC(=O)C(C)Nc1cc(C)c(Br)c(C)c1. The Morgan fingerprint density at radius 1 is 1.25 bits per heavy atom. The Balaban J connectivity index is 2.68. The van der Waals surface area contributed by atoms with Gasteiger partial charge in [-0.25, -0.2) is 4.79 Å². The summed E-state index contributed by atoms with van der Waals surface area (Å²) >= 11 is 3.50. The lowest BCUT2D eigenvalue weighted by Crippen LogP contribution is -2.45. The maximum Gasteiger partial charge on any atom is 0.321 e. The predicted molar refractivity (Wildman–Crippen MR) is 83.9 cm³/mol. The maximum atomic E-state index is 11.8. The van der Waals surface area contributed by atoms with Crippen LogP contribution in [0.15, 0.2) is 16.6 Å². The zero-order valence-corrected chi connectivity index (χ0v) is 13.7. The average Bonchev–Trinajstić information content (AvgIpc) is 2.35. The van der Waals surface area contributed by atoms with E-state index in [4.69, 9.17) is 0 Å². The van der Waals surface area contributed by atoms with Gasteiger partial charge in [-0.3, -0.25) is 10.1 Å². The van der Waals surface area contributed by atoms with E-state index in [1.807, 2.05) is 26.0 Å². The Kier molecular flexibility index (Phi) is 6.01. The normalized spacial score (nSPS) is 11.7. The lowest BCUT2D eigenvalue weighted by molar-refractivity contribution is -0.120. The van der Waals surface area contributed by atoms with Crippen LogP contribution in [0.3, 0.4) is 0 Å². The standard InChI is InChI=1S/C14H20BrN3O2/c1-5-16-14(20)18-13(19)10(4)17-11-6-8(2)12(15)9(3)7-11/h6-7,10,17H,5H2,1-4H3,(H2,16,18,19,20). The molecule has 1 aromatic carbocycles. The number of anilines is 1. The molecule has 0 aliphatic carbocycles. The van der Waals surface area contributed by atoms with Gasteiger partial charge in [0.05, 0.1) is 0 Å². The van der Waals surface area contributed by atoms with E-state index in [2.05, 4.69) is 31.9 Å². The van der Waals surface area contributed by atoms with E-state index in [1.54, 1.807) is 13.8 Å². The maximum absolute atomic E-state index is 11.8. The number of hydrogen-bond donors (Lipinski definition) is 3.